The Morgan fingerprint density at radius 1 is 0.412 bits per heavy atom. The Morgan fingerprint density at radius 3 is 0.853 bits per heavy atom. The predicted molar refractivity (Wildman–Crippen MR) is 262 cm³/mol. The minimum atomic E-state index is -1.78. The maximum absolute atomic E-state index is 11.8. The first-order valence-corrected chi connectivity index (χ1v) is 21.6. The first-order chi connectivity index (χ1) is 32.7. The number of carboxylic acid groups (broad SMARTS) is 4. The van der Waals surface area contributed by atoms with E-state index in [1.807, 2.05) is 49.6 Å². The lowest BCUT2D eigenvalue weighted by molar-refractivity contribution is -0.209. The largest absolute Gasteiger partial charge is 0.481 e. The summed E-state index contributed by atoms with van der Waals surface area (Å²) >= 11 is 0. The van der Waals surface area contributed by atoms with Crippen molar-refractivity contribution in [3.8, 4) is 44.5 Å². The van der Waals surface area contributed by atoms with Gasteiger partial charge in [-0.1, -0.05) is 84.9 Å². The summed E-state index contributed by atoms with van der Waals surface area (Å²) in [5.74, 6) is -7.23. The number of hydrogen-bond donors (Lipinski definition) is 4. The molecular weight excluding hydrogens is 857 g/mol. The molecule has 68 heavy (non-hydrogen) atoms. The van der Waals surface area contributed by atoms with E-state index in [-0.39, 0.29) is 11.1 Å². The summed E-state index contributed by atoms with van der Waals surface area (Å²) in [7, 11) is 0. The van der Waals surface area contributed by atoms with Crippen LogP contribution in [0.4, 0.5) is 0 Å². The molecule has 1 aliphatic carbocycles. The van der Waals surface area contributed by atoms with Crippen molar-refractivity contribution in [2.24, 2.45) is 22.7 Å². The molecule has 1 aliphatic rings. The van der Waals surface area contributed by atoms with E-state index in [0.29, 0.717) is 0 Å². The lowest BCUT2D eigenvalue weighted by Gasteiger charge is -2.61. The molecule has 4 atom stereocenters. The Bertz CT molecular complexity index is 2840. The lowest BCUT2D eigenvalue weighted by atomic mass is 9.38. The third kappa shape index (κ3) is 9.25. The molecular formula is C56H48N4O8. The van der Waals surface area contributed by atoms with E-state index in [9.17, 15) is 29.4 Å². The molecule has 4 aromatic carbocycles. The second-order valence-electron chi connectivity index (χ2n) is 16.7. The molecule has 12 nitrogen and oxygen atoms in total. The van der Waals surface area contributed by atoms with E-state index in [0.717, 1.165) is 0 Å². The van der Waals surface area contributed by atoms with Crippen molar-refractivity contribution in [1.29, 1.82) is 0 Å². The maximum Gasteiger partial charge on any atom is 0.330 e. The first kappa shape index (κ1) is 47.3. The Labute approximate surface area is 392 Å². The van der Waals surface area contributed by atoms with Crippen molar-refractivity contribution >= 4 is 45.4 Å². The highest BCUT2D eigenvalue weighted by Crippen LogP contribution is 2.66. The van der Waals surface area contributed by atoms with E-state index < -0.39 is 46.5 Å². The van der Waals surface area contributed by atoms with E-state index in [1.165, 1.54) is 106 Å². The molecule has 0 saturated heterocycles. The molecule has 1 fully saturated rings. The van der Waals surface area contributed by atoms with Gasteiger partial charge in [0.2, 0.25) is 0 Å². The van der Waals surface area contributed by atoms with Crippen LogP contribution in [0.1, 0.15) is 27.7 Å². The molecule has 4 N–H and O–H groups in total. The van der Waals surface area contributed by atoms with E-state index in [2.05, 4.69) is 141 Å². The zero-order valence-electron chi connectivity index (χ0n) is 37.7. The fourth-order valence-corrected chi connectivity index (χ4v) is 9.04. The van der Waals surface area contributed by atoms with Gasteiger partial charge in [-0.3, -0.25) is 29.5 Å². The van der Waals surface area contributed by atoms with Gasteiger partial charge >= 0.3 is 23.9 Å². The molecule has 0 spiro atoms. The number of aromatic nitrogens is 4. The Kier molecular flexibility index (Phi) is 14.1. The molecule has 340 valence electrons. The van der Waals surface area contributed by atoms with Crippen LogP contribution >= 0.6 is 0 Å². The lowest BCUT2D eigenvalue weighted by Crippen LogP contribution is -2.68. The molecule has 0 aliphatic heterocycles. The Hall–Kier alpha value is -8.64. The second-order valence-corrected chi connectivity index (χ2v) is 16.7. The van der Waals surface area contributed by atoms with Gasteiger partial charge in [0.15, 0.2) is 0 Å². The van der Waals surface area contributed by atoms with Gasteiger partial charge in [0.25, 0.3) is 0 Å². The average Bonchev–Trinajstić information content (AvgIpc) is 3.37. The van der Waals surface area contributed by atoms with Crippen LogP contribution in [0.25, 0.3) is 66.1 Å². The van der Waals surface area contributed by atoms with Crippen molar-refractivity contribution in [3.05, 3.63) is 194 Å². The number of aliphatic carboxylic acids is 4. The van der Waals surface area contributed by atoms with E-state index in [1.54, 1.807) is 0 Å². The highest BCUT2D eigenvalue weighted by molar-refractivity contribution is 6.07. The van der Waals surface area contributed by atoms with Crippen LogP contribution in [0.2, 0.25) is 0 Å². The third-order valence-corrected chi connectivity index (χ3v) is 13.0. The fraction of sp³-hybridized carbons (Fsp3) is 0.143. The summed E-state index contributed by atoms with van der Waals surface area (Å²) in [4.78, 5) is 62.1. The minimum Gasteiger partial charge on any atom is -0.481 e. The minimum absolute atomic E-state index is 0.133. The SMILES string of the molecule is C/C(=C/[C@@H]1[C@H](/C=C(/C)C(=O)O)[C@](C)(C(=O)O)[C@]1(C)C(=O)O)C(=O)O.c1cc(-c2ccncc2)c2c(-c3ccncc3)cccc2c1.c1cc(-c2ccncc2)c2c(-c3ccncc3)cccc2c1. The van der Waals surface area contributed by atoms with Gasteiger partial charge in [0, 0.05) is 72.6 Å². The molecule has 4 heterocycles. The van der Waals surface area contributed by atoms with Gasteiger partial charge in [0.05, 0.1) is 10.8 Å². The number of nitrogens with zero attached hydrogens (tertiary/aromatic N) is 4. The van der Waals surface area contributed by atoms with Crippen molar-refractivity contribution in [2.45, 2.75) is 27.7 Å². The van der Waals surface area contributed by atoms with Crippen LogP contribution in [-0.2, 0) is 19.2 Å². The number of carboxylic acids is 4. The molecule has 1 saturated carbocycles. The number of fused-ring (bicyclic) bond motifs is 2. The smallest absolute Gasteiger partial charge is 0.330 e. The van der Waals surface area contributed by atoms with Crippen molar-refractivity contribution < 1.29 is 39.6 Å². The maximum atomic E-state index is 11.8. The van der Waals surface area contributed by atoms with Crippen LogP contribution in [0, 0.1) is 22.7 Å². The van der Waals surface area contributed by atoms with Crippen molar-refractivity contribution in [3.63, 3.8) is 0 Å². The predicted octanol–water partition coefficient (Wildman–Crippen LogP) is 11.4. The number of carbonyl (C=O) groups is 4. The molecule has 0 radical (unpaired) electrons. The second kappa shape index (κ2) is 20.3. The van der Waals surface area contributed by atoms with Crippen molar-refractivity contribution in [1.82, 2.24) is 19.9 Å². The molecule has 8 aromatic rings. The summed E-state index contributed by atoms with van der Waals surface area (Å²) in [6, 6.07) is 42.2. The number of pyridine rings is 4. The zero-order valence-corrected chi connectivity index (χ0v) is 37.7. The van der Waals surface area contributed by atoms with Crippen LogP contribution in [-0.4, -0.2) is 64.2 Å². The number of hydrogen-bond acceptors (Lipinski definition) is 8. The normalized spacial score (nSPS) is 18.8. The summed E-state index contributed by atoms with van der Waals surface area (Å²) in [6.07, 6.45) is 17.1. The Morgan fingerprint density at radius 2 is 0.647 bits per heavy atom. The van der Waals surface area contributed by atoms with Crippen LogP contribution in [0.15, 0.2) is 194 Å². The highest BCUT2D eigenvalue weighted by atomic mass is 16.4. The van der Waals surface area contributed by atoms with E-state index >= 15 is 0 Å². The van der Waals surface area contributed by atoms with E-state index in [4.69, 9.17) is 10.2 Å². The van der Waals surface area contributed by atoms with Gasteiger partial charge in [0.1, 0.15) is 0 Å². The zero-order chi connectivity index (χ0) is 48.6. The molecule has 4 aromatic heterocycles. The van der Waals surface area contributed by atoms with Crippen molar-refractivity contribution in [2.75, 3.05) is 0 Å². The van der Waals surface area contributed by atoms with Crippen LogP contribution in [0.5, 0.6) is 0 Å². The first-order valence-electron chi connectivity index (χ1n) is 21.6. The highest BCUT2D eigenvalue weighted by Gasteiger charge is 2.73. The number of allylic oxidation sites excluding steroid dienone is 2. The average molecular weight is 905 g/mol. The summed E-state index contributed by atoms with van der Waals surface area (Å²) in [6.45, 7) is 5.01. The monoisotopic (exact) mass is 904 g/mol. The van der Waals surface area contributed by atoms with Gasteiger partial charge < -0.3 is 20.4 Å². The summed E-state index contributed by atoms with van der Waals surface area (Å²) < 4.78 is 0. The number of benzene rings is 4. The molecule has 0 unspecified atom stereocenters. The number of rotatable bonds is 10. The topological polar surface area (TPSA) is 201 Å². The van der Waals surface area contributed by atoms with Gasteiger partial charge in [-0.15, -0.1) is 0 Å². The van der Waals surface area contributed by atoms with Gasteiger partial charge in [-0.2, -0.15) is 0 Å². The molecule has 0 amide bonds. The van der Waals surface area contributed by atoms with Crippen LogP contribution in [0.3, 0.4) is 0 Å². The van der Waals surface area contributed by atoms with Gasteiger partial charge in [-0.05, 0) is 142 Å². The summed E-state index contributed by atoms with van der Waals surface area (Å²) in [5.41, 5.74) is 5.82. The quantitative estimate of drug-likeness (QED) is 0.0948. The Balaban J connectivity index is 0.000000151. The third-order valence-electron chi connectivity index (χ3n) is 13.0. The molecule has 0 bridgehead atoms. The fourth-order valence-electron chi connectivity index (χ4n) is 9.04. The molecule has 9 rings (SSSR count). The standard InChI is InChI=1S/2C20H14N2.C16H20O8/c2*1-3-17-4-2-6-19(16-9-13-22-14-10-16)20(17)18(5-1)15-7-11-21-12-8-15;1-7(11(17)18)5-9-10(6-8(2)12(19)20)16(4,14(23)24)15(9,3)13(21)22/h2*1-14H;5-6,9-10H,1-4H3,(H,17,18)(H,19,20)(H,21,22)(H,23,24)/b;;7-5-,8-6-/t;;9-,10+,15+,16-. The van der Waals surface area contributed by atoms with Gasteiger partial charge in [-0.25, -0.2) is 9.59 Å². The summed E-state index contributed by atoms with van der Waals surface area (Å²) in [5, 5.41) is 42.2. The van der Waals surface area contributed by atoms with Crippen LogP contribution < -0.4 is 0 Å². The molecule has 12 heteroatoms.